The van der Waals surface area contributed by atoms with E-state index < -0.39 is 4.92 Å². The molecule has 0 saturated heterocycles. The van der Waals surface area contributed by atoms with Gasteiger partial charge in [0.05, 0.1) is 16.1 Å². The molecule has 5 nitrogen and oxygen atoms in total. The van der Waals surface area contributed by atoms with Crippen molar-refractivity contribution in [2.24, 2.45) is 0 Å². The van der Waals surface area contributed by atoms with E-state index in [0.717, 1.165) is 0 Å². The smallest absolute Gasteiger partial charge is 0.281 e. The second-order valence-electron chi connectivity index (χ2n) is 3.45. The fraction of sp³-hybridized carbons (Fsp3) is 0.182. The first-order valence-electron chi connectivity index (χ1n) is 5.07. The topological polar surface area (TPSA) is 69.2 Å². The van der Waals surface area contributed by atoms with Crippen molar-refractivity contribution in [3.63, 3.8) is 0 Å². The number of hydrogen-bond acceptors (Lipinski definition) is 4. The predicted octanol–water partition coefficient (Wildman–Crippen LogP) is 3.68. The van der Waals surface area contributed by atoms with Crippen molar-refractivity contribution in [3.05, 3.63) is 45.4 Å². The Hall–Kier alpha value is -1.59. The summed E-state index contributed by atoms with van der Waals surface area (Å²) in [6.07, 6.45) is 1.87. The van der Waals surface area contributed by atoms with Gasteiger partial charge in [0.25, 0.3) is 5.69 Å². The predicted molar refractivity (Wildman–Crippen MR) is 68.0 cm³/mol. The number of nitro benzene ring substituents is 1. The molecule has 2 rings (SSSR count). The number of hydrogen-bond donors (Lipinski definition) is 0. The summed E-state index contributed by atoms with van der Waals surface area (Å²) >= 11 is 11.5. The SMILES string of the molecule is O=[N+]([O-])c1cccc(Cl)c1-c1cnc(CCCl)o1. The number of nitro groups is 1. The van der Waals surface area contributed by atoms with E-state index in [9.17, 15) is 10.1 Å². The minimum Gasteiger partial charge on any atom is -0.440 e. The van der Waals surface area contributed by atoms with Crippen LogP contribution in [0.3, 0.4) is 0 Å². The van der Waals surface area contributed by atoms with Gasteiger partial charge in [-0.25, -0.2) is 4.98 Å². The zero-order valence-electron chi connectivity index (χ0n) is 9.10. The van der Waals surface area contributed by atoms with Gasteiger partial charge in [-0.15, -0.1) is 11.6 Å². The third-order valence-corrected chi connectivity index (χ3v) is 2.80. The Balaban J connectivity index is 2.51. The van der Waals surface area contributed by atoms with Gasteiger partial charge >= 0.3 is 0 Å². The first-order chi connectivity index (χ1) is 8.63. The van der Waals surface area contributed by atoms with Crippen molar-refractivity contribution in [3.8, 4) is 11.3 Å². The van der Waals surface area contributed by atoms with Crippen LogP contribution in [0.25, 0.3) is 11.3 Å². The van der Waals surface area contributed by atoms with E-state index in [1.807, 2.05) is 0 Å². The summed E-state index contributed by atoms with van der Waals surface area (Å²) in [5.74, 6) is 1.06. The standard InChI is InChI=1S/C11H8Cl2N2O3/c12-5-4-10-14-6-9(18-10)11-7(13)2-1-3-8(11)15(16)17/h1-3,6H,4-5H2. The van der Waals surface area contributed by atoms with E-state index in [2.05, 4.69) is 4.98 Å². The minimum atomic E-state index is -0.509. The van der Waals surface area contributed by atoms with Crippen LogP contribution < -0.4 is 0 Å². The second-order valence-corrected chi connectivity index (χ2v) is 4.23. The van der Waals surface area contributed by atoms with Crippen LogP contribution in [0.5, 0.6) is 0 Å². The molecule has 0 bridgehead atoms. The van der Waals surface area contributed by atoms with E-state index in [1.54, 1.807) is 6.07 Å². The highest BCUT2D eigenvalue weighted by atomic mass is 35.5. The summed E-state index contributed by atoms with van der Waals surface area (Å²) in [5, 5.41) is 11.2. The van der Waals surface area contributed by atoms with Crippen LogP contribution in [0.15, 0.2) is 28.8 Å². The number of halogens is 2. The lowest BCUT2D eigenvalue weighted by molar-refractivity contribution is -0.384. The molecule has 18 heavy (non-hydrogen) atoms. The molecule has 0 aliphatic heterocycles. The fourth-order valence-electron chi connectivity index (χ4n) is 1.53. The van der Waals surface area contributed by atoms with E-state index in [0.29, 0.717) is 18.2 Å². The minimum absolute atomic E-state index is 0.115. The Labute approximate surface area is 112 Å². The van der Waals surface area contributed by atoms with Crippen molar-refractivity contribution in [2.45, 2.75) is 6.42 Å². The van der Waals surface area contributed by atoms with Gasteiger partial charge in [-0.05, 0) is 6.07 Å². The van der Waals surface area contributed by atoms with E-state index >= 15 is 0 Å². The van der Waals surface area contributed by atoms with Crippen LogP contribution in [0.4, 0.5) is 5.69 Å². The molecular formula is C11H8Cl2N2O3. The normalized spacial score (nSPS) is 10.6. The summed E-state index contributed by atoms with van der Waals surface area (Å²) in [4.78, 5) is 14.4. The molecule has 1 aromatic carbocycles. The number of rotatable bonds is 4. The highest BCUT2D eigenvalue weighted by molar-refractivity contribution is 6.33. The molecule has 1 heterocycles. The number of nitrogens with zero attached hydrogens (tertiary/aromatic N) is 2. The van der Waals surface area contributed by atoms with E-state index in [4.69, 9.17) is 27.6 Å². The summed E-state index contributed by atoms with van der Waals surface area (Å²) in [6, 6.07) is 4.44. The van der Waals surface area contributed by atoms with Gasteiger partial charge < -0.3 is 4.42 Å². The molecule has 94 valence electrons. The summed E-state index contributed by atoms with van der Waals surface area (Å²) < 4.78 is 5.40. The van der Waals surface area contributed by atoms with Crippen LogP contribution >= 0.6 is 23.2 Å². The highest BCUT2D eigenvalue weighted by Gasteiger charge is 2.21. The molecule has 0 amide bonds. The monoisotopic (exact) mass is 286 g/mol. The molecule has 0 N–H and O–H groups in total. The van der Waals surface area contributed by atoms with Crippen molar-refractivity contribution >= 4 is 28.9 Å². The lowest BCUT2D eigenvalue weighted by atomic mass is 10.1. The Morgan fingerprint density at radius 3 is 2.89 bits per heavy atom. The lowest BCUT2D eigenvalue weighted by Gasteiger charge is -2.01. The molecule has 0 atom stereocenters. The van der Waals surface area contributed by atoms with Crippen LogP contribution in [-0.4, -0.2) is 15.8 Å². The van der Waals surface area contributed by atoms with Crippen LogP contribution in [0, 0.1) is 10.1 Å². The third kappa shape index (κ3) is 2.47. The van der Waals surface area contributed by atoms with E-state index in [1.165, 1.54) is 18.3 Å². The molecular weight excluding hydrogens is 279 g/mol. The van der Waals surface area contributed by atoms with Crippen LogP contribution in [0.2, 0.25) is 5.02 Å². The van der Waals surface area contributed by atoms with Crippen molar-refractivity contribution in [2.75, 3.05) is 5.88 Å². The number of aryl methyl sites for hydroxylation is 1. The maximum absolute atomic E-state index is 10.9. The Morgan fingerprint density at radius 1 is 1.44 bits per heavy atom. The summed E-state index contributed by atoms with van der Waals surface area (Å²) in [5.41, 5.74) is 0.119. The van der Waals surface area contributed by atoms with Crippen molar-refractivity contribution in [1.29, 1.82) is 0 Å². The highest BCUT2D eigenvalue weighted by Crippen LogP contribution is 2.36. The summed E-state index contributed by atoms with van der Waals surface area (Å²) in [6.45, 7) is 0. The van der Waals surface area contributed by atoms with Gasteiger partial charge in [0.15, 0.2) is 11.7 Å². The molecule has 2 aromatic rings. The zero-order chi connectivity index (χ0) is 13.1. The van der Waals surface area contributed by atoms with Crippen LogP contribution in [-0.2, 0) is 6.42 Å². The van der Waals surface area contributed by atoms with Gasteiger partial charge in [0.2, 0.25) is 0 Å². The number of benzene rings is 1. The molecule has 0 aliphatic carbocycles. The van der Waals surface area contributed by atoms with Gasteiger partial charge in [-0.2, -0.15) is 0 Å². The average Bonchev–Trinajstić information content (AvgIpc) is 2.77. The molecule has 0 spiro atoms. The van der Waals surface area contributed by atoms with Crippen molar-refractivity contribution < 1.29 is 9.34 Å². The molecule has 0 radical (unpaired) electrons. The summed E-state index contributed by atoms with van der Waals surface area (Å²) in [7, 11) is 0. The quantitative estimate of drug-likeness (QED) is 0.488. The molecule has 0 saturated carbocycles. The van der Waals surface area contributed by atoms with Gasteiger partial charge in [-0.1, -0.05) is 17.7 Å². The molecule has 0 unspecified atom stereocenters. The Bertz CT molecular complexity index is 583. The average molecular weight is 287 g/mol. The fourth-order valence-corrected chi connectivity index (χ4v) is 1.96. The van der Waals surface area contributed by atoms with Gasteiger partial charge in [-0.3, -0.25) is 10.1 Å². The Morgan fingerprint density at radius 2 is 2.22 bits per heavy atom. The lowest BCUT2D eigenvalue weighted by Crippen LogP contribution is -1.91. The van der Waals surface area contributed by atoms with E-state index in [-0.39, 0.29) is 22.0 Å². The van der Waals surface area contributed by atoms with Gasteiger partial charge in [0, 0.05) is 18.4 Å². The molecule has 0 aliphatic rings. The first kappa shape index (κ1) is 12.9. The number of aromatic nitrogens is 1. The van der Waals surface area contributed by atoms with Gasteiger partial charge in [0.1, 0.15) is 5.56 Å². The van der Waals surface area contributed by atoms with Crippen LogP contribution in [0.1, 0.15) is 5.89 Å². The maximum atomic E-state index is 10.9. The zero-order valence-corrected chi connectivity index (χ0v) is 10.6. The molecule has 0 fully saturated rings. The Kier molecular flexibility index (Phi) is 3.84. The number of alkyl halides is 1. The maximum Gasteiger partial charge on any atom is 0.281 e. The largest absolute Gasteiger partial charge is 0.440 e. The second kappa shape index (κ2) is 5.37. The first-order valence-corrected chi connectivity index (χ1v) is 5.98. The number of oxazole rings is 1. The molecule has 7 heteroatoms. The molecule has 1 aromatic heterocycles. The van der Waals surface area contributed by atoms with Crippen molar-refractivity contribution in [1.82, 2.24) is 4.98 Å². The third-order valence-electron chi connectivity index (χ3n) is 2.30.